The van der Waals surface area contributed by atoms with Crippen LogP contribution < -0.4 is 0 Å². The first-order valence-electron chi connectivity index (χ1n) is 3.23. The van der Waals surface area contributed by atoms with Crippen molar-refractivity contribution in [2.24, 2.45) is 0 Å². The highest BCUT2D eigenvalue weighted by atomic mass is 35.5. The average Bonchev–Trinajstić information content (AvgIpc) is 1.59. The van der Waals surface area contributed by atoms with Crippen molar-refractivity contribution < 1.29 is 0 Å². The van der Waals surface area contributed by atoms with Crippen molar-refractivity contribution in [3.05, 3.63) is 34.9 Å². The van der Waals surface area contributed by atoms with E-state index in [-0.39, 0.29) is 24.8 Å². The largest absolute Gasteiger partial charge is 0.147 e. The Hall–Kier alpha value is -0.200. The van der Waals surface area contributed by atoms with Crippen LogP contribution in [0.25, 0.3) is 0 Å². The van der Waals surface area contributed by atoms with E-state index in [1.807, 2.05) is 0 Å². The number of aryl methyl sites for hydroxylation is 3. The summed E-state index contributed by atoms with van der Waals surface area (Å²) in [6, 6.07) is 6.56. The van der Waals surface area contributed by atoms with Gasteiger partial charge in [-0.15, -0.1) is 24.8 Å². The van der Waals surface area contributed by atoms with Crippen molar-refractivity contribution in [2.45, 2.75) is 20.8 Å². The van der Waals surface area contributed by atoms with Gasteiger partial charge in [0.05, 0.1) is 0 Å². The zero-order valence-corrected chi connectivity index (χ0v) is 8.68. The lowest BCUT2D eigenvalue weighted by atomic mass is 10.1. The Balaban J connectivity index is 0. The van der Waals surface area contributed by atoms with Gasteiger partial charge in [0.25, 0.3) is 0 Å². The SMILES string of the molecule is Cc1cc(C)cc(C)c1.Cl.Cl. The van der Waals surface area contributed by atoms with Gasteiger partial charge in [0.15, 0.2) is 0 Å². The van der Waals surface area contributed by atoms with Gasteiger partial charge in [-0.2, -0.15) is 0 Å². The molecule has 0 fully saturated rings. The first-order chi connectivity index (χ1) is 4.18. The summed E-state index contributed by atoms with van der Waals surface area (Å²) < 4.78 is 0. The fraction of sp³-hybridized carbons (Fsp3) is 0.333. The highest BCUT2D eigenvalue weighted by Crippen LogP contribution is 2.06. The molecule has 1 aromatic rings. The standard InChI is InChI=1S/C9H12.2ClH/c1-7-4-8(2)6-9(3)5-7;;/h4-6H,1-3H3;2*1H. The predicted octanol–water partition coefficient (Wildman–Crippen LogP) is 3.46. The lowest BCUT2D eigenvalue weighted by molar-refractivity contribution is 1.32. The van der Waals surface area contributed by atoms with Crippen LogP contribution in [0.15, 0.2) is 18.2 Å². The lowest BCUT2D eigenvalue weighted by Crippen LogP contribution is -1.78. The van der Waals surface area contributed by atoms with Gasteiger partial charge in [0.2, 0.25) is 0 Å². The Kier molecular flexibility index (Phi) is 6.64. The minimum atomic E-state index is 0. The van der Waals surface area contributed by atoms with Crippen LogP contribution in [0.5, 0.6) is 0 Å². The Morgan fingerprint density at radius 1 is 0.636 bits per heavy atom. The van der Waals surface area contributed by atoms with Gasteiger partial charge < -0.3 is 0 Å². The molecule has 0 aliphatic rings. The maximum atomic E-state index is 2.19. The van der Waals surface area contributed by atoms with Crippen LogP contribution in [0.4, 0.5) is 0 Å². The van der Waals surface area contributed by atoms with Crippen LogP contribution in [0.3, 0.4) is 0 Å². The van der Waals surface area contributed by atoms with Crippen molar-refractivity contribution in [3.63, 3.8) is 0 Å². The van der Waals surface area contributed by atoms with E-state index in [0.29, 0.717) is 0 Å². The van der Waals surface area contributed by atoms with Gasteiger partial charge in [-0.3, -0.25) is 0 Å². The molecule has 11 heavy (non-hydrogen) atoms. The minimum absolute atomic E-state index is 0. The van der Waals surface area contributed by atoms with Crippen LogP contribution in [-0.4, -0.2) is 0 Å². The molecule has 1 rings (SSSR count). The van der Waals surface area contributed by atoms with Crippen LogP contribution in [0.2, 0.25) is 0 Å². The van der Waals surface area contributed by atoms with Crippen molar-refractivity contribution in [1.29, 1.82) is 0 Å². The van der Waals surface area contributed by atoms with E-state index in [1.54, 1.807) is 0 Å². The Labute approximate surface area is 80.8 Å². The summed E-state index contributed by atoms with van der Waals surface area (Å²) in [5.74, 6) is 0. The minimum Gasteiger partial charge on any atom is -0.147 e. The van der Waals surface area contributed by atoms with Crippen molar-refractivity contribution >= 4 is 24.8 Å². The molecule has 0 aromatic heterocycles. The van der Waals surface area contributed by atoms with E-state index < -0.39 is 0 Å². The second kappa shape index (κ2) is 5.45. The molecule has 0 bridgehead atoms. The van der Waals surface area contributed by atoms with E-state index in [1.165, 1.54) is 16.7 Å². The fourth-order valence-electron chi connectivity index (χ4n) is 1.20. The Morgan fingerprint density at radius 3 is 1.00 bits per heavy atom. The molecule has 0 spiro atoms. The highest BCUT2D eigenvalue weighted by molar-refractivity contribution is 5.85. The molecular formula is C9H14Cl2. The van der Waals surface area contributed by atoms with Gasteiger partial charge in [0, 0.05) is 0 Å². The van der Waals surface area contributed by atoms with Crippen LogP contribution in [0.1, 0.15) is 16.7 Å². The fourth-order valence-corrected chi connectivity index (χ4v) is 1.20. The maximum Gasteiger partial charge on any atom is -0.0398 e. The van der Waals surface area contributed by atoms with Gasteiger partial charge in [-0.1, -0.05) is 34.9 Å². The van der Waals surface area contributed by atoms with E-state index in [2.05, 4.69) is 39.0 Å². The Bertz CT molecular complexity index is 168. The smallest absolute Gasteiger partial charge is 0.0398 e. The third-order valence-corrected chi connectivity index (χ3v) is 1.37. The van der Waals surface area contributed by atoms with E-state index in [4.69, 9.17) is 0 Å². The summed E-state index contributed by atoms with van der Waals surface area (Å²) in [6.45, 7) is 6.38. The molecule has 0 aliphatic heterocycles. The molecule has 0 radical (unpaired) electrons. The van der Waals surface area contributed by atoms with Crippen molar-refractivity contribution in [2.75, 3.05) is 0 Å². The number of benzene rings is 1. The molecule has 64 valence electrons. The number of hydrogen-bond donors (Lipinski definition) is 0. The second-order valence-electron chi connectivity index (χ2n) is 2.67. The van der Waals surface area contributed by atoms with E-state index in [9.17, 15) is 0 Å². The zero-order valence-electron chi connectivity index (χ0n) is 7.05. The van der Waals surface area contributed by atoms with E-state index >= 15 is 0 Å². The van der Waals surface area contributed by atoms with E-state index in [0.717, 1.165) is 0 Å². The summed E-state index contributed by atoms with van der Waals surface area (Å²) >= 11 is 0. The third kappa shape index (κ3) is 4.28. The van der Waals surface area contributed by atoms with Gasteiger partial charge in [-0.05, 0) is 20.8 Å². The molecule has 0 saturated heterocycles. The van der Waals surface area contributed by atoms with Crippen LogP contribution in [0, 0.1) is 20.8 Å². The van der Waals surface area contributed by atoms with Crippen molar-refractivity contribution in [1.82, 2.24) is 0 Å². The average molecular weight is 193 g/mol. The van der Waals surface area contributed by atoms with Gasteiger partial charge in [-0.25, -0.2) is 0 Å². The maximum absolute atomic E-state index is 2.19. The number of halogens is 2. The predicted molar refractivity (Wildman–Crippen MR) is 55.1 cm³/mol. The molecule has 0 amide bonds. The molecule has 0 aliphatic carbocycles. The monoisotopic (exact) mass is 192 g/mol. The lowest BCUT2D eigenvalue weighted by Gasteiger charge is -1.96. The highest BCUT2D eigenvalue weighted by Gasteiger charge is 1.87. The van der Waals surface area contributed by atoms with Crippen molar-refractivity contribution in [3.8, 4) is 0 Å². The van der Waals surface area contributed by atoms with Gasteiger partial charge >= 0.3 is 0 Å². The second-order valence-corrected chi connectivity index (χ2v) is 2.67. The molecule has 1 aromatic carbocycles. The molecule has 0 nitrogen and oxygen atoms in total. The summed E-state index contributed by atoms with van der Waals surface area (Å²) in [7, 11) is 0. The molecule has 2 heteroatoms. The Morgan fingerprint density at radius 2 is 0.818 bits per heavy atom. The molecule has 0 saturated carbocycles. The topological polar surface area (TPSA) is 0 Å². The molecule has 0 atom stereocenters. The summed E-state index contributed by atoms with van der Waals surface area (Å²) in [5, 5.41) is 0. The number of hydrogen-bond acceptors (Lipinski definition) is 0. The molecule has 0 heterocycles. The van der Waals surface area contributed by atoms with Crippen LogP contribution in [-0.2, 0) is 0 Å². The normalized spacial score (nSPS) is 7.91. The summed E-state index contributed by atoms with van der Waals surface area (Å²) in [6.07, 6.45) is 0. The molecular weight excluding hydrogens is 179 g/mol. The molecule has 0 unspecified atom stereocenters. The third-order valence-electron chi connectivity index (χ3n) is 1.37. The summed E-state index contributed by atoms with van der Waals surface area (Å²) in [4.78, 5) is 0. The molecule has 0 N–H and O–H groups in total. The summed E-state index contributed by atoms with van der Waals surface area (Å²) in [5.41, 5.74) is 4.06. The van der Waals surface area contributed by atoms with Gasteiger partial charge in [0.1, 0.15) is 0 Å². The first kappa shape index (κ1) is 13.4. The number of rotatable bonds is 0. The zero-order chi connectivity index (χ0) is 6.85. The quantitative estimate of drug-likeness (QED) is 0.591. The first-order valence-corrected chi connectivity index (χ1v) is 3.23. The van der Waals surface area contributed by atoms with Crippen LogP contribution >= 0.6 is 24.8 Å².